The van der Waals surface area contributed by atoms with Crippen LogP contribution < -0.4 is 9.04 Å². The minimum absolute atomic E-state index is 0.0349. The maximum atomic E-state index is 13.6. The van der Waals surface area contributed by atoms with E-state index in [4.69, 9.17) is 9.84 Å². The quantitative estimate of drug-likeness (QED) is 0.395. The maximum absolute atomic E-state index is 13.6. The first kappa shape index (κ1) is 22.9. The van der Waals surface area contributed by atoms with Crippen molar-refractivity contribution in [2.75, 3.05) is 18.0 Å². The van der Waals surface area contributed by atoms with Gasteiger partial charge in [-0.3, -0.25) is 9.10 Å². The first-order valence-electron chi connectivity index (χ1n) is 11.3. The fourth-order valence-electron chi connectivity index (χ4n) is 4.62. The third-order valence-electron chi connectivity index (χ3n) is 6.42. The van der Waals surface area contributed by atoms with Crippen LogP contribution in [0.5, 0.6) is 5.75 Å². The van der Waals surface area contributed by atoms with Crippen LogP contribution in [0.4, 0.5) is 5.69 Å². The van der Waals surface area contributed by atoms with Gasteiger partial charge in [0.15, 0.2) is 0 Å². The van der Waals surface area contributed by atoms with Crippen molar-refractivity contribution in [3.05, 3.63) is 84.2 Å². The van der Waals surface area contributed by atoms with E-state index in [0.717, 1.165) is 22.2 Å². The Kier molecular flexibility index (Phi) is 5.94. The minimum atomic E-state index is -3.83. The third kappa shape index (κ3) is 4.35. The Hall–Kier alpha value is -3.85. The lowest BCUT2D eigenvalue weighted by atomic mass is 9.96. The van der Waals surface area contributed by atoms with Gasteiger partial charge in [-0.25, -0.2) is 13.4 Å². The van der Waals surface area contributed by atoms with Crippen molar-refractivity contribution < 1.29 is 23.1 Å². The molecule has 4 aromatic rings. The smallest absolute Gasteiger partial charge is 0.303 e. The lowest BCUT2D eigenvalue weighted by Gasteiger charge is -2.20. The van der Waals surface area contributed by atoms with E-state index in [1.807, 2.05) is 41.1 Å². The number of ether oxygens (including phenoxy) is 1. The van der Waals surface area contributed by atoms with Gasteiger partial charge in [0.2, 0.25) is 0 Å². The Morgan fingerprint density at radius 2 is 1.94 bits per heavy atom. The van der Waals surface area contributed by atoms with E-state index in [-0.39, 0.29) is 23.8 Å². The third-order valence-corrected chi connectivity index (χ3v) is 8.22. The fraction of sp³-hybridized carbons (Fsp3) is 0.231. The number of anilines is 1. The van der Waals surface area contributed by atoms with Gasteiger partial charge in [-0.15, -0.1) is 0 Å². The highest BCUT2D eigenvalue weighted by Crippen LogP contribution is 2.43. The van der Waals surface area contributed by atoms with Crippen LogP contribution in [0.3, 0.4) is 0 Å². The van der Waals surface area contributed by atoms with Crippen LogP contribution >= 0.6 is 0 Å². The number of carboxylic acid groups (broad SMARTS) is 1. The lowest BCUT2D eigenvalue weighted by Crippen LogP contribution is -2.30. The lowest BCUT2D eigenvalue weighted by molar-refractivity contribution is -0.137. The zero-order valence-corrected chi connectivity index (χ0v) is 20.0. The molecule has 0 saturated carbocycles. The van der Waals surface area contributed by atoms with Crippen LogP contribution in [-0.4, -0.2) is 42.7 Å². The van der Waals surface area contributed by atoms with Gasteiger partial charge in [0.1, 0.15) is 11.4 Å². The Bertz CT molecular complexity index is 1500. The summed E-state index contributed by atoms with van der Waals surface area (Å²) in [4.78, 5) is 15.8. The number of carboxylic acids is 1. The zero-order chi connectivity index (χ0) is 24.6. The first-order valence-corrected chi connectivity index (χ1v) is 12.7. The molecule has 1 aliphatic heterocycles. The van der Waals surface area contributed by atoms with E-state index in [0.29, 0.717) is 24.4 Å². The minimum Gasteiger partial charge on any atom is -0.497 e. The summed E-state index contributed by atoms with van der Waals surface area (Å²) in [5, 5.41) is 10.2. The molecule has 1 N–H and O–H groups in total. The number of sulfonamides is 1. The molecule has 1 atom stereocenters. The van der Waals surface area contributed by atoms with Crippen molar-refractivity contribution >= 4 is 32.7 Å². The fourth-order valence-corrected chi connectivity index (χ4v) is 6.16. The standard InChI is InChI=1S/C26H25N3O5S/c1-34-21-7-10-24-23(15-21)20(6-11-25(30)31)17-29(24)35(32,33)22-8-4-18(5-9-22)16-28-14-12-19-3-2-13-27-26(19)28/h2-5,7-10,12-15,20H,6,11,16-17H2,1H3,(H,30,31). The highest BCUT2D eigenvalue weighted by atomic mass is 32.2. The van der Waals surface area contributed by atoms with E-state index < -0.39 is 16.0 Å². The summed E-state index contributed by atoms with van der Waals surface area (Å²) < 4.78 is 35.9. The molecule has 9 heteroatoms. The van der Waals surface area contributed by atoms with Crippen LogP contribution in [0.25, 0.3) is 11.0 Å². The highest BCUT2D eigenvalue weighted by molar-refractivity contribution is 7.92. The van der Waals surface area contributed by atoms with Crippen LogP contribution in [0.2, 0.25) is 0 Å². The summed E-state index contributed by atoms with van der Waals surface area (Å²) in [5.41, 5.74) is 3.19. The summed E-state index contributed by atoms with van der Waals surface area (Å²) in [5.74, 6) is -0.517. The Morgan fingerprint density at radius 1 is 1.14 bits per heavy atom. The Labute approximate surface area is 203 Å². The predicted molar refractivity (Wildman–Crippen MR) is 132 cm³/mol. The first-order chi connectivity index (χ1) is 16.9. The molecular weight excluding hydrogens is 466 g/mol. The largest absolute Gasteiger partial charge is 0.497 e. The molecule has 0 aliphatic carbocycles. The van der Waals surface area contributed by atoms with Gasteiger partial charge < -0.3 is 14.4 Å². The summed E-state index contributed by atoms with van der Waals surface area (Å²) in [6, 6.07) is 18.0. The van der Waals surface area contributed by atoms with Gasteiger partial charge >= 0.3 is 5.97 Å². The molecule has 2 aromatic carbocycles. The average Bonchev–Trinajstić information content (AvgIpc) is 3.44. The molecule has 1 aliphatic rings. The number of carbonyl (C=O) groups is 1. The number of hydrogen-bond donors (Lipinski definition) is 1. The van der Waals surface area contributed by atoms with Crippen molar-refractivity contribution in [2.45, 2.75) is 30.2 Å². The second-order valence-corrected chi connectivity index (χ2v) is 10.5. The molecule has 0 spiro atoms. The number of methoxy groups -OCH3 is 1. The molecule has 8 nitrogen and oxygen atoms in total. The molecule has 0 amide bonds. The second-order valence-electron chi connectivity index (χ2n) is 8.59. The number of aromatic nitrogens is 2. The molecule has 0 saturated heterocycles. The van der Waals surface area contributed by atoms with Crippen molar-refractivity contribution in [1.82, 2.24) is 9.55 Å². The van der Waals surface area contributed by atoms with Gasteiger partial charge in [-0.05, 0) is 66.1 Å². The number of rotatable bonds is 8. The van der Waals surface area contributed by atoms with Crippen molar-refractivity contribution in [3.63, 3.8) is 0 Å². The van der Waals surface area contributed by atoms with Gasteiger partial charge in [0.05, 0.1) is 17.7 Å². The highest BCUT2D eigenvalue weighted by Gasteiger charge is 2.37. The molecule has 0 bridgehead atoms. The molecular formula is C26H25N3O5S. The maximum Gasteiger partial charge on any atom is 0.303 e. The van der Waals surface area contributed by atoms with E-state index in [9.17, 15) is 13.2 Å². The van der Waals surface area contributed by atoms with Crippen LogP contribution in [0.15, 0.2) is 78.0 Å². The normalized spacial score (nSPS) is 15.3. The van der Waals surface area contributed by atoms with E-state index in [1.165, 1.54) is 4.31 Å². The van der Waals surface area contributed by atoms with Crippen molar-refractivity contribution in [2.24, 2.45) is 0 Å². The molecule has 3 heterocycles. The molecule has 0 fully saturated rings. The van der Waals surface area contributed by atoms with Crippen molar-refractivity contribution in [1.29, 1.82) is 0 Å². The molecule has 5 rings (SSSR count). The Morgan fingerprint density at radius 3 is 2.69 bits per heavy atom. The van der Waals surface area contributed by atoms with Gasteiger partial charge in [0.25, 0.3) is 10.0 Å². The van der Waals surface area contributed by atoms with Gasteiger partial charge in [-0.1, -0.05) is 12.1 Å². The molecule has 0 radical (unpaired) electrons. The summed E-state index contributed by atoms with van der Waals surface area (Å²) >= 11 is 0. The predicted octanol–water partition coefficient (Wildman–Crippen LogP) is 4.25. The second kappa shape index (κ2) is 9.07. The molecule has 35 heavy (non-hydrogen) atoms. The van der Waals surface area contributed by atoms with Crippen LogP contribution in [0, 0.1) is 0 Å². The van der Waals surface area contributed by atoms with E-state index in [1.54, 1.807) is 43.6 Å². The SMILES string of the molecule is COc1ccc2c(c1)C(CCC(=O)O)CN2S(=O)(=O)c1ccc(Cn2ccc3cccnc32)cc1. The average molecular weight is 492 g/mol. The summed E-state index contributed by atoms with van der Waals surface area (Å²) in [6.07, 6.45) is 4.03. The number of fused-ring (bicyclic) bond motifs is 2. The molecule has 2 aromatic heterocycles. The molecule has 1 unspecified atom stereocenters. The Balaban J connectivity index is 1.41. The van der Waals surface area contributed by atoms with Crippen molar-refractivity contribution in [3.8, 4) is 5.75 Å². The monoisotopic (exact) mass is 491 g/mol. The number of pyridine rings is 1. The van der Waals surface area contributed by atoms with E-state index in [2.05, 4.69) is 4.98 Å². The van der Waals surface area contributed by atoms with Gasteiger partial charge in [-0.2, -0.15) is 0 Å². The number of aliphatic carboxylic acids is 1. The number of nitrogens with zero attached hydrogens (tertiary/aromatic N) is 3. The number of hydrogen-bond acceptors (Lipinski definition) is 5. The van der Waals surface area contributed by atoms with E-state index >= 15 is 0 Å². The van der Waals surface area contributed by atoms with Crippen LogP contribution in [-0.2, 0) is 21.4 Å². The summed E-state index contributed by atoms with van der Waals surface area (Å²) in [6.45, 7) is 0.769. The zero-order valence-electron chi connectivity index (χ0n) is 19.2. The van der Waals surface area contributed by atoms with Crippen LogP contribution in [0.1, 0.15) is 29.9 Å². The molecule has 180 valence electrons. The summed E-state index contributed by atoms with van der Waals surface area (Å²) in [7, 11) is -2.28. The topological polar surface area (TPSA) is 102 Å². The van der Waals surface area contributed by atoms with Gasteiger partial charge in [0, 0.05) is 43.2 Å². The number of benzene rings is 2.